The summed E-state index contributed by atoms with van der Waals surface area (Å²) in [6.45, 7) is 6.13. The maximum atomic E-state index is 13.8. The van der Waals surface area contributed by atoms with Gasteiger partial charge < -0.3 is 15.5 Å². The molecule has 0 spiro atoms. The summed E-state index contributed by atoms with van der Waals surface area (Å²) in [6, 6.07) is 11.8. The molecule has 2 aromatic carbocycles. The fourth-order valence-electron chi connectivity index (χ4n) is 3.33. The number of amides is 1. The monoisotopic (exact) mass is 420 g/mol. The Bertz CT molecular complexity index is 1200. The molecule has 1 heterocycles. The van der Waals surface area contributed by atoms with Crippen molar-refractivity contribution < 1.29 is 13.9 Å². The number of hydrogen-bond acceptors (Lipinski definition) is 3. The maximum Gasteiger partial charge on any atom is 0.256 e. The fraction of sp³-hybridized carbons (Fsp3) is 0.200. The zero-order valence-corrected chi connectivity index (χ0v) is 18.0. The number of carbonyl (C=O) groups is 1. The summed E-state index contributed by atoms with van der Waals surface area (Å²) < 4.78 is 19.5. The summed E-state index contributed by atoms with van der Waals surface area (Å²) >= 11 is 0. The highest BCUT2D eigenvalue weighted by Crippen LogP contribution is 2.38. The van der Waals surface area contributed by atoms with Crippen molar-refractivity contribution >= 4 is 18.1 Å². The van der Waals surface area contributed by atoms with Crippen LogP contribution in [0.25, 0.3) is 23.3 Å². The first kappa shape index (κ1) is 22.0. The van der Waals surface area contributed by atoms with E-state index in [-0.39, 0.29) is 16.5 Å². The minimum absolute atomic E-state index is 0.244. The number of primary amides is 1. The molecule has 160 valence electrons. The lowest BCUT2D eigenvalue weighted by Crippen LogP contribution is -2.15. The lowest BCUT2D eigenvalue weighted by molar-refractivity contribution is 0.100. The average molecular weight is 420 g/mol. The summed E-state index contributed by atoms with van der Waals surface area (Å²) in [5, 5.41) is 0. The Morgan fingerprint density at radius 3 is 2.35 bits per heavy atom. The van der Waals surface area contributed by atoms with Crippen LogP contribution in [0.3, 0.4) is 0 Å². The number of nitrogens with two attached hydrogens (primary N) is 1. The van der Waals surface area contributed by atoms with Crippen LogP contribution in [0, 0.1) is 5.82 Å². The standard InChI is InChI=1S/C25H25FN2O3/c1-25(2,3)21-12-18(20-13-19(26)14-28-24(20)30)11-17(22(21)31-4)10-7-15-5-8-16(9-6-15)23(27)29/h5-14H,1-4H3,(H2,27,29)(H,28,30)/b10-7+. The van der Waals surface area contributed by atoms with E-state index >= 15 is 0 Å². The van der Waals surface area contributed by atoms with Crippen LogP contribution in [-0.4, -0.2) is 18.0 Å². The molecular formula is C25H25FN2O3. The fourth-order valence-corrected chi connectivity index (χ4v) is 3.33. The van der Waals surface area contributed by atoms with E-state index in [0.717, 1.165) is 22.9 Å². The number of halogens is 1. The number of carbonyl (C=O) groups excluding carboxylic acids is 1. The van der Waals surface area contributed by atoms with Crippen molar-refractivity contribution in [1.29, 1.82) is 0 Å². The number of H-pyrrole nitrogens is 1. The molecule has 0 bridgehead atoms. The second-order valence-corrected chi connectivity index (χ2v) is 8.28. The average Bonchev–Trinajstić information content (AvgIpc) is 2.72. The van der Waals surface area contributed by atoms with Crippen LogP contribution >= 0.6 is 0 Å². The van der Waals surface area contributed by atoms with Crippen LogP contribution in [0.1, 0.15) is 47.8 Å². The summed E-state index contributed by atoms with van der Waals surface area (Å²) in [4.78, 5) is 26.0. The zero-order valence-electron chi connectivity index (χ0n) is 18.0. The van der Waals surface area contributed by atoms with Gasteiger partial charge >= 0.3 is 0 Å². The van der Waals surface area contributed by atoms with Gasteiger partial charge in [0.25, 0.3) is 5.56 Å². The van der Waals surface area contributed by atoms with E-state index in [1.54, 1.807) is 37.4 Å². The molecule has 0 atom stereocenters. The molecule has 0 radical (unpaired) electrons. The first-order chi connectivity index (χ1) is 14.6. The van der Waals surface area contributed by atoms with E-state index in [9.17, 15) is 14.0 Å². The van der Waals surface area contributed by atoms with Crippen LogP contribution in [-0.2, 0) is 5.41 Å². The minimum atomic E-state index is -0.519. The molecule has 3 N–H and O–H groups in total. The molecule has 6 heteroatoms. The van der Waals surface area contributed by atoms with Gasteiger partial charge in [0.15, 0.2) is 0 Å². The molecule has 31 heavy (non-hydrogen) atoms. The normalized spacial score (nSPS) is 11.6. The number of pyridine rings is 1. The molecule has 0 fully saturated rings. The van der Waals surface area contributed by atoms with Crippen molar-refractivity contribution in [1.82, 2.24) is 4.98 Å². The number of aromatic nitrogens is 1. The number of ether oxygens (including phenoxy) is 1. The Balaban J connectivity index is 2.16. The number of hydrogen-bond donors (Lipinski definition) is 2. The third-order valence-corrected chi connectivity index (χ3v) is 4.96. The molecule has 0 saturated heterocycles. The smallest absolute Gasteiger partial charge is 0.256 e. The van der Waals surface area contributed by atoms with Crippen molar-refractivity contribution in [3.8, 4) is 16.9 Å². The third kappa shape index (κ3) is 4.91. The highest BCUT2D eigenvalue weighted by molar-refractivity contribution is 5.93. The molecule has 0 aliphatic heterocycles. The Kier molecular flexibility index (Phi) is 6.11. The SMILES string of the molecule is COc1c(/C=C/c2ccc(C(N)=O)cc2)cc(-c2cc(F)c[nH]c2=O)cc1C(C)(C)C. The van der Waals surface area contributed by atoms with Crippen molar-refractivity contribution in [2.45, 2.75) is 26.2 Å². The van der Waals surface area contributed by atoms with E-state index in [0.29, 0.717) is 16.9 Å². The minimum Gasteiger partial charge on any atom is -0.496 e. The van der Waals surface area contributed by atoms with Crippen LogP contribution in [0.2, 0.25) is 0 Å². The van der Waals surface area contributed by atoms with Crippen LogP contribution in [0.15, 0.2) is 53.5 Å². The highest BCUT2D eigenvalue weighted by Gasteiger charge is 2.23. The number of rotatable bonds is 5. The van der Waals surface area contributed by atoms with Gasteiger partial charge in [-0.3, -0.25) is 9.59 Å². The summed E-state index contributed by atoms with van der Waals surface area (Å²) in [5.74, 6) is -0.330. The largest absolute Gasteiger partial charge is 0.496 e. The zero-order chi connectivity index (χ0) is 22.8. The Hall–Kier alpha value is -3.67. The quantitative estimate of drug-likeness (QED) is 0.584. The molecule has 0 saturated carbocycles. The van der Waals surface area contributed by atoms with E-state index in [1.165, 1.54) is 6.07 Å². The Labute approximate surface area is 180 Å². The second-order valence-electron chi connectivity index (χ2n) is 8.28. The van der Waals surface area contributed by atoms with Crippen LogP contribution in [0.4, 0.5) is 4.39 Å². The highest BCUT2D eigenvalue weighted by atomic mass is 19.1. The predicted molar refractivity (Wildman–Crippen MR) is 122 cm³/mol. The van der Waals surface area contributed by atoms with Crippen LogP contribution < -0.4 is 16.0 Å². The summed E-state index contributed by atoms with van der Waals surface area (Å²) in [5.41, 5.74) is 8.39. The van der Waals surface area contributed by atoms with Gasteiger partial charge in [0, 0.05) is 28.5 Å². The number of aromatic amines is 1. The summed E-state index contributed by atoms with van der Waals surface area (Å²) in [7, 11) is 1.60. The molecule has 5 nitrogen and oxygen atoms in total. The van der Waals surface area contributed by atoms with Gasteiger partial charge in [-0.15, -0.1) is 0 Å². The van der Waals surface area contributed by atoms with Crippen molar-refractivity contribution in [3.63, 3.8) is 0 Å². The maximum absolute atomic E-state index is 13.8. The molecule has 0 aliphatic carbocycles. The van der Waals surface area contributed by atoms with E-state index in [1.807, 2.05) is 39.0 Å². The molecule has 0 aliphatic rings. The molecule has 3 aromatic rings. The van der Waals surface area contributed by atoms with Gasteiger partial charge in [0.2, 0.25) is 5.91 Å². The number of nitrogens with one attached hydrogen (secondary N) is 1. The lowest BCUT2D eigenvalue weighted by Gasteiger charge is -2.24. The topological polar surface area (TPSA) is 85.2 Å². The van der Waals surface area contributed by atoms with E-state index in [4.69, 9.17) is 10.5 Å². The van der Waals surface area contributed by atoms with Gasteiger partial charge in [-0.05, 0) is 46.9 Å². The molecular weight excluding hydrogens is 395 g/mol. The van der Waals surface area contributed by atoms with Crippen molar-refractivity contribution in [2.24, 2.45) is 5.73 Å². The Morgan fingerprint density at radius 1 is 1.10 bits per heavy atom. The molecule has 1 aromatic heterocycles. The van der Waals surface area contributed by atoms with Gasteiger partial charge in [-0.25, -0.2) is 4.39 Å². The number of methoxy groups -OCH3 is 1. The van der Waals surface area contributed by atoms with Crippen LogP contribution in [0.5, 0.6) is 5.75 Å². The predicted octanol–water partition coefficient (Wildman–Crippen LogP) is 4.76. The summed E-state index contributed by atoms with van der Waals surface area (Å²) in [6.07, 6.45) is 4.77. The third-order valence-electron chi connectivity index (χ3n) is 4.96. The van der Waals surface area contributed by atoms with Gasteiger partial charge in [0.05, 0.1) is 7.11 Å². The second kappa shape index (κ2) is 8.60. The molecule has 1 amide bonds. The lowest BCUT2D eigenvalue weighted by atomic mass is 9.83. The van der Waals surface area contributed by atoms with Crippen molar-refractivity contribution in [3.05, 3.63) is 87.1 Å². The first-order valence-electron chi connectivity index (χ1n) is 9.79. The Morgan fingerprint density at radius 2 is 1.77 bits per heavy atom. The molecule has 0 unspecified atom stereocenters. The van der Waals surface area contributed by atoms with Gasteiger partial charge in [-0.1, -0.05) is 45.1 Å². The first-order valence-corrected chi connectivity index (χ1v) is 9.79. The molecule has 3 rings (SSSR count). The van der Waals surface area contributed by atoms with Gasteiger partial charge in [0.1, 0.15) is 11.6 Å². The van der Waals surface area contributed by atoms with Crippen molar-refractivity contribution in [2.75, 3.05) is 7.11 Å². The number of benzene rings is 2. The van der Waals surface area contributed by atoms with E-state index in [2.05, 4.69) is 4.98 Å². The van der Waals surface area contributed by atoms with E-state index < -0.39 is 11.7 Å². The van der Waals surface area contributed by atoms with Gasteiger partial charge in [-0.2, -0.15) is 0 Å².